The summed E-state index contributed by atoms with van der Waals surface area (Å²) in [7, 11) is 3.53. The molecule has 1 fully saturated rings. The molecule has 0 radical (unpaired) electrons. The minimum absolute atomic E-state index is 0.00585. The first-order valence-corrected chi connectivity index (χ1v) is 12.7. The highest BCUT2D eigenvalue weighted by molar-refractivity contribution is 5.92. The zero-order valence-corrected chi connectivity index (χ0v) is 23.0. The second kappa shape index (κ2) is 10.7. The van der Waals surface area contributed by atoms with E-state index < -0.39 is 23.6 Å². The molecule has 1 aromatic heterocycles. The number of methoxy groups -OCH3 is 1. The number of ether oxygens (including phenoxy) is 2. The summed E-state index contributed by atoms with van der Waals surface area (Å²) in [6, 6.07) is 7.85. The van der Waals surface area contributed by atoms with E-state index in [4.69, 9.17) is 9.47 Å². The Morgan fingerprint density at radius 1 is 1.24 bits per heavy atom. The first-order chi connectivity index (χ1) is 17.9. The van der Waals surface area contributed by atoms with Gasteiger partial charge < -0.3 is 29.7 Å². The summed E-state index contributed by atoms with van der Waals surface area (Å²) in [5.41, 5.74) is -0.139. The van der Waals surface area contributed by atoms with E-state index in [-0.39, 0.29) is 17.4 Å². The van der Waals surface area contributed by atoms with Gasteiger partial charge in [-0.3, -0.25) is 0 Å². The number of nitrogens with zero attached hydrogens (tertiary/aromatic N) is 4. The quantitative estimate of drug-likeness (QED) is 0.481. The molecule has 1 aliphatic rings. The number of aryl methyl sites for hydroxylation is 1. The molecule has 9 nitrogen and oxygen atoms in total. The molecule has 0 spiro atoms. The molecular weight excluding hydrogens is 489 g/mol. The van der Waals surface area contributed by atoms with E-state index in [0.29, 0.717) is 40.4 Å². The van der Waals surface area contributed by atoms with Crippen LogP contribution in [0.15, 0.2) is 30.3 Å². The summed E-state index contributed by atoms with van der Waals surface area (Å²) in [6.07, 6.45) is -0.454. The number of nitrogens with one attached hydrogen (secondary N) is 1. The number of carbonyl (C=O) groups is 1. The monoisotopic (exact) mass is 525 g/mol. The van der Waals surface area contributed by atoms with Gasteiger partial charge in [-0.2, -0.15) is 0 Å². The van der Waals surface area contributed by atoms with Crippen LogP contribution in [0.4, 0.5) is 15.0 Å². The first-order valence-electron chi connectivity index (χ1n) is 12.7. The van der Waals surface area contributed by atoms with Gasteiger partial charge in [0, 0.05) is 48.3 Å². The van der Waals surface area contributed by atoms with Crippen molar-refractivity contribution in [1.82, 2.24) is 19.8 Å². The molecule has 3 aromatic rings. The van der Waals surface area contributed by atoms with Crippen molar-refractivity contribution in [2.45, 2.75) is 52.3 Å². The van der Waals surface area contributed by atoms with Crippen molar-refractivity contribution in [2.75, 3.05) is 39.1 Å². The van der Waals surface area contributed by atoms with Crippen molar-refractivity contribution < 1.29 is 23.8 Å². The van der Waals surface area contributed by atoms with E-state index in [2.05, 4.69) is 20.2 Å². The number of halogens is 1. The fraction of sp³-hybridized carbons (Fsp3) is 0.464. The number of benzene rings is 2. The Hall–Kier alpha value is -3.50. The molecule has 0 saturated carbocycles. The molecule has 38 heavy (non-hydrogen) atoms. The number of likely N-dealkylation sites (N-methyl/N-ethyl adjacent to an activating group) is 1. The topological polar surface area (TPSA) is 100 Å². The molecule has 1 aliphatic heterocycles. The van der Waals surface area contributed by atoms with Crippen LogP contribution in [-0.2, 0) is 5.60 Å². The third kappa shape index (κ3) is 5.66. The highest BCUT2D eigenvalue weighted by atomic mass is 19.1. The lowest BCUT2D eigenvalue weighted by Gasteiger charge is -2.37. The molecule has 2 unspecified atom stereocenters. The van der Waals surface area contributed by atoms with Crippen LogP contribution < -0.4 is 14.8 Å². The van der Waals surface area contributed by atoms with Gasteiger partial charge in [0.15, 0.2) is 11.5 Å². The van der Waals surface area contributed by atoms with Crippen molar-refractivity contribution in [3.63, 3.8) is 0 Å². The zero-order valence-electron chi connectivity index (χ0n) is 23.0. The van der Waals surface area contributed by atoms with E-state index in [1.54, 1.807) is 56.0 Å². The van der Waals surface area contributed by atoms with Crippen LogP contribution in [0.1, 0.15) is 50.7 Å². The number of fused-ring (bicyclic) bond motifs is 1. The first kappa shape index (κ1) is 27.5. The van der Waals surface area contributed by atoms with Gasteiger partial charge in [0.25, 0.3) is 0 Å². The number of hydrogen-bond acceptors (Lipinski definition) is 8. The van der Waals surface area contributed by atoms with Gasteiger partial charge in [0.05, 0.1) is 24.3 Å². The van der Waals surface area contributed by atoms with E-state index in [1.165, 1.54) is 7.11 Å². The SMILES string of the molecule is COc1cc2nc(C)nc(NC(C)c3cccc(C(C)(C)O)c3F)c2cc1OC(=O)N1CCN(C)CC1C. The highest BCUT2D eigenvalue weighted by Gasteiger charge is 2.29. The normalized spacial score (nSPS) is 17.4. The van der Waals surface area contributed by atoms with Gasteiger partial charge >= 0.3 is 6.09 Å². The summed E-state index contributed by atoms with van der Waals surface area (Å²) in [5, 5.41) is 14.3. The lowest BCUT2D eigenvalue weighted by atomic mass is 9.93. The second-order valence-electron chi connectivity index (χ2n) is 10.4. The van der Waals surface area contributed by atoms with E-state index in [0.717, 1.165) is 13.1 Å². The number of hydrogen-bond donors (Lipinski definition) is 2. The van der Waals surface area contributed by atoms with E-state index >= 15 is 4.39 Å². The largest absolute Gasteiger partial charge is 0.493 e. The van der Waals surface area contributed by atoms with Crippen molar-refractivity contribution in [2.24, 2.45) is 0 Å². The molecular formula is C28H36FN5O4. The maximum absolute atomic E-state index is 15.3. The average molecular weight is 526 g/mol. The lowest BCUT2D eigenvalue weighted by molar-refractivity contribution is 0.0743. The standard InChI is InChI=1S/C28H36FN5O4/c1-16-15-33(6)11-12-34(16)27(35)38-24-13-20-22(14-23(24)37-7)31-18(3)32-26(20)30-17(2)19-9-8-10-21(25(19)29)28(4,5)36/h8-10,13-14,16-17,36H,11-12,15H2,1-7H3,(H,30,31,32). The van der Waals surface area contributed by atoms with Crippen LogP contribution >= 0.6 is 0 Å². The molecule has 10 heteroatoms. The third-order valence-electron chi connectivity index (χ3n) is 6.86. The predicted octanol–water partition coefficient (Wildman–Crippen LogP) is 4.62. The van der Waals surface area contributed by atoms with Crippen molar-refractivity contribution in [1.29, 1.82) is 0 Å². The fourth-order valence-electron chi connectivity index (χ4n) is 4.81. The van der Waals surface area contributed by atoms with Gasteiger partial charge in [-0.15, -0.1) is 0 Å². The Morgan fingerprint density at radius 3 is 2.63 bits per heavy atom. The van der Waals surface area contributed by atoms with Crippen LogP contribution in [0, 0.1) is 12.7 Å². The number of anilines is 1. The number of piperazine rings is 1. The van der Waals surface area contributed by atoms with Crippen LogP contribution in [0.2, 0.25) is 0 Å². The summed E-state index contributed by atoms with van der Waals surface area (Å²) in [6.45, 7) is 10.7. The Bertz CT molecular complexity index is 1340. The maximum atomic E-state index is 15.3. The fourth-order valence-corrected chi connectivity index (χ4v) is 4.81. The van der Waals surface area contributed by atoms with Gasteiger partial charge in [-0.1, -0.05) is 18.2 Å². The molecule has 2 aromatic carbocycles. The number of rotatable bonds is 6. The summed E-state index contributed by atoms with van der Waals surface area (Å²) < 4.78 is 26.7. The molecule has 0 aliphatic carbocycles. The Morgan fingerprint density at radius 2 is 1.97 bits per heavy atom. The molecule has 1 amide bonds. The predicted molar refractivity (Wildman–Crippen MR) is 144 cm³/mol. The summed E-state index contributed by atoms with van der Waals surface area (Å²) >= 11 is 0. The second-order valence-corrected chi connectivity index (χ2v) is 10.4. The molecule has 2 N–H and O–H groups in total. The van der Waals surface area contributed by atoms with Gasteiger partial charge in [-0.05, 0) is 47.7 Å². The maximum Gasteiger partial charge on any atom is 0.415 e. The van der Waals surface area contributed by atoms with Crippen molar-refractivity contribution >= 4 is 22.8 Å². The van der Waals surface area contributed by atoms with E-state index in [9.17, 15) is 9.90 Å². The summed E-state index contributed by atoms with van der Waals surface area (Å²) in [4.78, 5) is 26.0. The Kier molecular flexibility index (Phi) is 7.75. The van der Waals surface area contributed by atoms with Crippen LogP contribution in [0.3, 0.4) is 0 Å². The number of aliphatic hydroxyl groups is 1. The number of carbonyl (C=O) groups excluding carboxylic acids is 1. The molecule has 2 heterocycles. The molecule has 0 bridgehead atoms. The van der Waals surface area contributed by atoms with Gasteiger partial charge in [-0.25, -0.2) is 19.2 Å². The van der Waals surface area contributed by atoms with E-state index in [1.807, 2.05) is 20.9 Å². The molecule has 4 rings (SSSR count). The minimum atomic E-state index is -1.32. The van der Waals surface area contributed by atoms with Crippen LogP contribution in [0.5, 0.6) is 11.5 Å². The highest BCUT2D eigenvalue weighted by Crippen LogP contribution is 2.36. The molecule has 204 valence electrons. The molecule has 2 atom stereocenters. The Labute approximate surface area is 222 Å². The smallest absolute Gasteiger partial charge is 0.415 e. The minimum Gasteiger partial charge on any atom is -0.493 e. The van der Waals surface area contributed by atoms with Gasteiger partial charge in [0.2, 0.25) is 0 Å². The van der Waals surface area contributed by atoms with Crippen molar-refractivity contribution in [3.8, 4) is 11.5 Å². The Balaban J connectivity index is 1.69. The lowest BCUT2D eigenvalue weighted by Crippen LogP contribution is -2.53. The molecule has 1 saturated heterocycles. The summed E-state index contributed by atoms with van der Waals surface area (Å²) in [5.74, 6) is 1.10. The third-order valence-corrected chi connectivity index (χ3v) is 6.86. The number of amides is 1. The van der Waals surface area contributed by atoms with Crippen molar-refractivity contribution in [3.05, 3.63) is 53.1 Å². The van der Waals surface area contributed by atoms with Gasteiger partial charge in [0.1, 0.15) is 17.5 Å². The van der Waals surface area contributed by atoms with Crippen LogP contribution in [0.25, 0.3) is 10.9 Å². The zero-order chi connectivity index (χ0) is 27.8. The average Bonchev–Trinajstić information content (AvgIpc) is 2.83. The number of aromatic nitrogens is 2. The van der Waals surface area contributed by atoms with Crippen LogP contribution in [-0.4, -0.2) is 70.8 Å².